The molecule has 0 bridgehead atoms. The van der Waals surface area contributed by atoms with Crippen molar-refractivity contribution in [2.24, 2.45) is 5.92 Å². The molecule has 1 spiro atoms. The molecule has 4 aromatic carbocycles. The number of rotatable bonds is 5. The van der Waals surface area contributed by atoms with E-state index in [1.807, 2.05) is 66.4 Å². The van der Waals surface area contributed by atoms with Gasteiger partial charge in [-0.25, -0.2) is 4.39 Å². The molecule has 7 heteroatoms. The summed E-state index contributed by atoms with van der Waals surface area (Å²) in [7, 11) is 1.55. The van der Waals surface area contributed by atoms with E-state index in [-0.39, 0.29) is 17.3 Å². The van der Waals surface area contributed by atoms with Crippen molar-refractivity contribution in [3.63, 3.8) is 0 Å². The average molecular weight is 559 g/mol. The molecule has 0 aliphatic carbocycles. The van der Waals surface area contributed by atoms with E-state index < -0.39 is 35.0 Å². The first-order valence-corrected chi connectivity index (χ1v) is 13.8. The van der Waals surface area contributed by atoms with Crippen LogP contribution in [0.25, 0.3) is 5.57 Å². The number of nitrogens with zero attached hydrogens (tertiary/aromatic N) is 1. The van der Waals surface area contributed by atoms with Crippen molar-refractivity contribution in [1.29, 1.82) is 0 Å². The SMILES string of the molecule is COc1ccc(C(=O)[C@@H]2[C@H](C(=O)c3ccc(F)cc3)[C@]3(C(=O)Nc4ccccc43)[C@@H]3C=C(C)c4ccccc4N23)cc1. The van der Waals surface area contributed by atoms with Gasteiger partial charge >= 0.3 is 0 Å². The minimum atomic E-state index is -1.43. The third kappa shape index (κ3) is 3.52. The first-order chi connectivity index (χ1) is 20.4. The number of amides is 1. The number of carbonyl (C=O) groups excluding carboxylic acids is 3. The number of Topliss-reactive ketones (excluding diaryl/α,β-unsaturated/α-hetero) is 2. The standard InChI is InChI=1S/C35H27FN2O4/c1-20-19-29-35(26-8-4-5-9-27(26)37-34(35)41)30(32(39)21-11-15-23(36)16-12-21)31(38(29)28-10-6-3-7-25(20)28)33(40)22-13-17-24(42-2)18-14-22/h3-19,29-31H,1-2H3,(H,37,41)/t29-,30+,31-,35+/m0/s1. The van der Waals surface area contributed by atoms with Crippen molar-refractivity contribution < 1.29 is 23.5 Å². The fraction of sp³-hybridized carbons (Fsp3) is 0.171. The first-order valence-electron chi connectivity index (χ1n) is 13.8. The Labute approximate surface area is 242 Å². The average Bonchev–Trinajstić information content (AvgIpc) is 3.49. The third-order valence-corrected chi connectivity index (χ3v) is 8.94. The summed E-state index contributed by atoms with van der Waals surface area (Å²) >= 11 is 0. The molecule has 1 saturated heterocycles. The number of anilines is 2. The maximum atomic E-state index is 14.7. The summed E-state index contributed by atoms with van der Waals surface area (Å²) in [5.41, 5.74) is 3.14. The molecule has 1 N–H and O–H groups in total. The zero-order chi connectivity index (χ0) is 29.2. The Morgan fingerprint density at radius 3 is 2.24 bits per heavy atom. The number of hydrogen-bond acceptors (Lipinski definition) is 5. The van der Waals surface area contributed by atoms with Crippen molar-refractivity contribution in [3.05, 3.63) is 131 Å². The van der Waals surface area contributed by atoms with E-state index in [0.717, 1.165) is 16.8 Å². The lowest BCUT2D eigenvalue weighted by Gasteiger charge is -2.39. The van der Waals surface area contributed by atoms with E-state index >= 15 is 0 Å². The van der Waals surface area contributed by atoms with Crippen LogP contribution in [0, 0.1) is 11.7 Å². The molecule has 0 radical (unpaired) electrons. The summed E-state index contributed by atoms with van der Waals surface area (Å²) in [5.74, 6) is -2.04. The lowest BCUT2D eigenvalue weighted by Crippen LogP contribution is -2.51. The van der Waals surface area contributed by atoms with E-state index in [9.17, 15) is 18.8 Å². The summed E-state index contributed by atoms with van der Waals surface area (Å²) < 4.78 is 19.3. The van der Waals surface area contributed by atoms with Crippen molar-refractivity contribution in [2.45, 2.75) is 24.4 Å². The fourth-order valence-electron chi connectivity index (χ4n) is 7.11. The van der Waals surface area contributed by atoms with Crippen molar-refractivity contribution in [2.75, 3.05) is 17.3 Å². The van der Waals surface area contributed by atoms with Crippen LogP contribution in [0.1, 0.15) is 38.8 Å². The van der Waals surface area contributed by atoms with Crippen LogP contribution in [0.5, 0.6) is 5.75 Å². The molecule has 6 nitrogen and oxygen atoms in total. The quantitative estimate of drug-likeness (QED) is 0.301. The monoisotopic (exact) mass is 558 g/mol. The molecule has 3 heterocycles. The summed E-state index contributed by atoms with van der Waals surface area (Å²) in [6.07, 6.45) is 2.01. The van der Waals surface area contributed by atoms with Gasteiger partial charge in [0.05, 0.1) is 19.1 Å². The second-order valence-corrected chi connectivity index (χ2v) is 11.0. The number of carbonyl (C=O) groups is 3. The Morgan fingerprint density at radius 2 is 1.50 bits per heavy atom. The van der Waals surface area contributed by atoms with Crippen LogP contribution in [0.4, 0.5) is 15.8 Å². The van der Waals surface area contributed by atoms with Crippen LogP contribution >= 0.6 is 0 Å². The topological polar surface area (TPSA) is 75.7 Å². The predicted molar refractivity (Wildman–Crippen MR) is 158 cm³/mol. The molecule has 42 heavy (non-hydrogen) atoms. The molecule has 0 unspecified atom stereocenters. The van der Waals surface area contributed by atoms with E-state index in [2.05, 4.69) is 5.32 Å². The highest BCUT2D eigenvalue weighted by atomic mass is 19.1. The minimum Gasteiger partial charge on any atom is -0.497 e. The van der Waals surface area contributed by atoms with Gasteiger partial charge in [-0.3, -0.25) is 14.4 Å². The Bertz CT molecular complexity index is 1800. The number of fused-ring (bicyclic) bond motifs is 6. The number of para-hydroxylation sites is 2. The van der Waals surface area contributed by atoms with E-state index in [1.54, 1.807) is 31.4 Å². The van der Waals surface area contributed by atoms with Gasteiger partial charge in [0.2, 0.25) is 5.91 Å². The van der Waals surface area contributed by atoms with Crippen molar-refractivity contribution in [1.82, 2.24) is 0 Å². The molecule has 0 aromatic heterocycles. The largest absolute Gasteiger partial charge is 0.497 e. The Balaban J connectivity index is 1.53. The van der Waals surface area contributed by atoms with E-state index in [1.165, 1.54) is 24.3 Å². The number of nitrogens with one attached hydrogen (secondary N) is 1. The number of ether oxygens (including phenoxy) is 1. The molecule has 3 aliphatic heterocycles. The van der Waals surface area contributed by atoms with Gasteiger partial charge in [-0.2, -0.15) is 0 Å². The number of benzene rings is 4. The van der Waals surface area contributed by atoms with Crippen molar-refractivity contribution >= 4 is 34.4 Å². The van der Waals surface area contributed by atoms with Crippen LogP contribution in [0.2, 0.25) is 0 Å². The van der Waals surface area contributed by atoms with Gasteiger partial charge in [0.25, 0.3) is 0 Å². The second kappa shape index (κ2) is 9.52. The molecule has 1 fully saturated rings. The zero-order valence-corrected chi connectivity index (χ0v) is 23.0. The molecule has 1 amide bonds. The highest BCUT2D eigenvalue weighted by molar-refractivity contribution is 6.18. The van der Waals surface area contributed by atoms with Gasteiger partial charge in [-0.15, -0.1) is 0 Å². The number of allylic oxidation sites excluding steroid dienone is 1. The predicted octanol–water partition coefficient (Wildman–Crippen LogP) is 6.08. The van der Waals surface area contributed by atoms with Crippen LogP contribution < -0.4 is 15.0 Å². The number of halogens is 1. The molecular weight excluding hydrogens is 531 g/mol. The van der Waals surface area contributed by atoms with Gasteiger partial charge in [-0.1, -0.05) is 42.5 Å². The summed E-state index contributed by atoms with van der Waals surface area (Å²) in [4.78, 5) is 45.8. The molecule has 3 aliphatic rings. The Hall–Kier alpha value is -5.04. The van der Waals surface area contributed by atoms with E-state index in [0.29, 0.717) is 22.6 Å². The summed E-state index contributed by atoms with van der Waals surface area (Å²) in [6.45, 7) is 1.98. The van der Waals surface area contributed by atoms with Gasteiger partial charge < -0.3 is 15.0 Å². The van der Waals surface area contributed by atoms with Crippen LogP contribution in [0.3, 0.4) is 0 Å². The van der Waals surface area contributed by atoms with E-state index in [4.69, 9.17) is 4.74 Å². The van der Waals surface area contributed by atoms with Gasteiger partial charge in [0, 0.05) is 28.1 Å². The second-order valence-electron chi connectivity index (χ2n) is 11.0. The van der Waals surface area contributed by atoms with Gasteiger partial charge in [-0.05, 0) is 78.7 Å². The lowest BCUT2D eigenvalue weighted by atomic mass is 9.64. The number of ketones is 2. The lowest BCUT2D eigenvalue weighted by molar-refractivity contribution is -0.121. The summed E-state index contributed by atoms with van der Waals surface area (Å²) in [6, 6.07) is 25.5. The molecule has 7 rings (SSSR count). The van der Waals surface area contributed by atoms with Crippen LogP contribution in [0.15, 0.2) is 103 Å². The Kier molecular flexibility index (Phi) is 5.87. The smallest absolute Gasteiger partial charge is 0.238 e. The van der Waals surface area contributed by atoms with Crippen LogP contribution in [-0.2, 0) is 10.2 Å². The van der Waals surface area contributed by atoms with Crippen LogP contribution in [-0.4, -0.2) is 36.7 Å². The maximum absolute atomic E-state index is 14.7. The van der Waals surface area contributed by atoms with Gasteiger partial charge in [0.1, 0.15) is 23.0 Å². The zero-order valence-electron chi connectivity index (χ0n) is 23.0. The highest BCUT2D eigenvalue weighted by Crippen LogP contribution is 2.58. The van der Waals surface area contributed by atoms with Gasteiger partial charge in [0.15, 0.2) is 11.6 Å². The molecule has 0 saturated carbocycles. The first kappa shape index (κ1) is 25.9. The van der Waals surface area contributed by atoms with Crippen molar-refractivity contribution in [3.8, 4) is 5.75 Å². The normalized spacial score (nSPS) is 23.5. The molecule has 208 valence electrons. The minimum absolute atomic E-state index is 0.235. The molecule has 4 aromatic rings. The Morgan fingerprint density at radius 1 is 0.857 bits per heavy atom. The molecule has 4 atom stereocenters. The maximum Gasteiger partial charge on any atom is 0.238 e. The number of hydrogen-bond donors (Lipinski definition) is 1. The number of methoxy groups -OCH3 is 1. The highest BCUT2D eigenvalue weighted by Gasteiger charge is 2.70. The third-order valence-electron chi connectivity index (χ3n) is 8.94. The fourth-order valence-corrected chi connectivity index (χ4v) is 7.11. The summed E-state index contributed by atoms with van der Waals surface area (Å²) in [5, 5.41) is 3.03. The molecular formula is C35H27FN2O4.